The van der Waals surface area contributed by atoms with Crippen LogP contribution in [0.15, 0.2) is 0 Å². The molecule has 0 amide bonds. The first-order chi connectivity index (χ1) is 9.81. The number of carbonyl (C=O) groups excluding carboxylic acids is 1. The highest BCUT2D eigenvalue weighted by atomic mass is 127. The molecule has 0 unspecified atom stereocenters. The summed E-state index contributed by atoms with van der Waals surface area (Å²) in [5, 5.41) is 0. The van der Waals surface area contributed by atoms with Gasteiger partial charge in [0.2, 0.25) is 0 Å². The molecule has 0 fully saturated rings. The van der Waals surface area contributed by atoms with Gasteiger partial charge in [-0.2, -0.15) is 0 Å². The van der Waals surface area contributed by atoms with Crippen molar-refractivity contribution >= 4 is 29.9 Å². The maximum Gasteiger partial charge on any atom is 0.305 e. The minimum atomic E-state index is 0. The number of hydrogen-bond acceptors (Lipinski definition) is 2. The van der Waals surface area contributed by atoms with E-state index in [2.05, 4.69) is 13.8 Å². The van der Waals surface area contributed by atoms with Crippen LogP contribution in [0.25, 0.3) is 0 Å². The number of esters is 1. The maximum absolute atomic E-state index is 11.5. The normalized spacial score (nSPS) is 10.2. The summed E-state index contributed by atoms with van der Waals surface area (Å²) in [5.41, 5.74) is 0. The van der Waals surface area contributed by atoms with Gasteiger partial charge in [-0.15, -0.1) is 24.0 Å². The van der Waals surface area contributed by atoms with E-state index in [-0.39, 0.29) is 29.9 Å². The number of unbranched alkanes of at least 4 members (excludes halogenated alkanes) is 11. The molecule has 0 heterocycles. The minimum Gasteiger partial charge on any atom is -0.466 e. The van der Waals surface area contributed by atoms with Crippen molar-refractivity contribution in [2.45, 2.75) is 104 Å². The molecule has 0 N–H and O–H groups in total. The molecule has 0 aromatic carbocycles. The van der Waals surface area contributed by atoms with E-state index in [0.717, 1.165) is 12.8 Å². The van der Waals surface area contributed by atoms with Gasteiger partial charge >= 0.3 is 5.97 Å². The summed E-state index contributed by atoms with van der Waals surface area (Å²) < 4.78 is 5.25. The second kappa shape index (κ2) is 20.2. The van der Waals surface area contributed by atoms with Crippen LogP contribution in [-0.2, 0) is 9.53 Å². The van der Waals surface area contributed by atoms with Crippen molar-refractivity contribution in [3.63, 3.8) is 0 Å². The van der Waals surface area contributed by atoms with Crippen molar-refractivity contribution in [2.24, 2.45) is 0 Å². The second-order valence-electron chi connectivity index (χ2n) is 5.86. The fourth-order valence-electron chi connectivity index (χ4n) is 2.37. The summed E-state index contributed by atoms with van der Waals surface area (Å²) in [6.07, 6.45) is 16.8. The second-order valence-corrected chi connectivity index (χ2v) is 5.86. The zero-order chi connectivity index (χ0) is 14.9. The molecule has 0 bridgehead atoms. The van der Waals surface area contributed by atoms with Gasteiger partial charge < -0.3 is 4.74 Å². The molecule has 0 rings (SSSR count). The summed E-state index contributed by atoms with van der Waals surface area (Å²) in [6, 6.07) is 0. The molecule has 0 saturated carbocycles. The third kappa shape index (κ3) is 20.2. The van der Waals surface area contributed by atoms with Crippen molar-refractivity contribution in [3.8, 4) is 0 Å². The zero-order valence-electron chi connectivity index (χ0n) is 14.3. The number of halogens is 1. The molecule has 0 aliphatic heterocycles. The third-order valence-electron chi connectivity index (χ3n) is 3.75. The molecule has 0 atom stereocenters. The third-order valence-corrected chi connectivity index (χ3v) is 3.75. The van der Waals surface area contributed by atoms with Crippen LogP contribution in [0.1, 0.15) is 104 Å². The van der Waals surface area contributed by atoms with Gasteiger partial charge in [0.25, 0.3) is 0 Å². The molecule has 0 radical (unpaired) electrons. The van der Waals surface area contributed by atoms with Gasteiger partial charge in [0.1, 0.15) is 0 Å². The predicted octanol–water partition coefficient (Wildman–Crippen LogP) is 6.65. The first-order valence-electron chi connectivity index (χ1n) is 8.96. The molecule has 0 spiro atoms. The van der Waals surface area contributed by atoms with Crippen LogP contribution in [0.5, 0.6) is 0 Å². The quantitative estimate of drug-likeness (QED) is 0.171. The van der Waals surface area contributed by atoms with Crippen LogP contribution in [0.2, 0.25) is 0 Å². The fraction of sp³-hybridized carbons (Fsp3) is 0.944. The molecule has 21 heavy (non-hydrogen) atoms. The monoisotopic (exact) mass is 412 g/mol. The Morgan fingerprint density at radius 3 is 1.62 bits per heavy atom. The lowest BCUT2D eigenvalue weighted by Gasteiger charge is -2.05. The highest BCUT2D eigenvalue weighted by molar-refractivity contribution is 14.0. The molecule has 0 aliphatic rings. The lowest BCUT2D eigenvalue weighted by molar-refractivity contribution is -0.143. The molecule has 128 valence electrons. The molecular weight excluding hydrogens is 375 g/mol. The Morgan fingerprint density at radius 1 is 0.667 bits per heavy atom. The average Bonchev–Trinajstić information content (AvgIpc) is 2.45. The maximum atomic E-state index is 11.5. The Kier molecular flexibility index (Phi) is 22.6. The summed E-state index contributed by atoms with van der Waals surface area (Å²) in [7, 11) is 0. The first kappa shape index (κ1) is 23.5. The van der Waals surface area contributed by atoms with Crippen LogP contribution >= 0.6 is 24.0 Å². The summed E-state index contributed by atoms with van der Waals surface area (Å²) in [4.78, 5) is 11.5. The van der Waals surface area contributed by atoms with Crippen molar-refractivity contribution in [1.82, 2.24) is 0 Å². The van der Waals surface area contributed by atoms with Gasteiger partial charge in [-0.05, 0) is 12.8 Å². The van der Waals surface area contributed by atoms with E-state index in [0.29, 0.717) is 13.0 Å². The van der Waals surface area contributed by atoms with E-state index >= 15 is 0 Å². The molecular formula is C18H37IO2. The Morgan fingerprint density at radius 2 is 1.10 bits per heavy atom. The van der Waals surface area contributed by atoms with Gasteiger partial charge in [0, 0.05) is 6.42 Å². The number of hydrogen-bond donors (Lipinski definition) is 0. The minimum absolute atomic E-state index is 0. The molecule has 3 heteroatoms. The summed E-state index contributed by atoms with van der Waals surface area (Å²) >= 11 is 0. The van der Waals surface area contributed by atoms with Gasteiger partial charge in [-0.25, -0.2) is 0 Å². The number of carbonyl (C=O) groups is 1. The standard InChI is InChI=1S/C18H36O2.HI/c1-3-5-7-9-11-12-14-16-18(19)20-17-15-13-10-8-6-4-2;/h3-17H2,1-2H3;1H. The Labute approximate surface area is 149 Å². The van der Waals surface area contributed by atoms with Gasteiger partial charge in [0.05, 0.1) is 6.61 Å². The van der Waals surface area contributed by atoms with Crippen molar-refractivity contribution in [3.05, 3.63) is 0 Å². The largest absolute Gasteiger partial charge is 0.466 e. The predicted molar refractivity (Wildman–Crippen MR) is 102 cm³/mol. The average molecular weight is 412 g/mol. The lowest BCUT2D eigenvalue weighted by Crippen LogP contribution is -2.05. The molecule has 0 aromatic heterocycles. The number of ether oxygens (including phenoxy) is 1. The Hall–Kier alpha value is 0.200. The molecule has 2 nitrogen and oxygen atoms in total. The van der Waals surface area contributed by atoms with Crippen LogP contribution in [0, 0.1) is 0 Å². The zero-order valence-corrected chi connectivity index (χ0v) is 16.7. The van der Waals surface area contributed by atoms with E-state index in [4.69, 9.17) is 4.74 Å². The van der Waals surface area contributed by atoms with Crippen molar-refractivity contribution in [2.75, 3.05) is 6.61 Å². The summed E-state index contributed by atoms with van der Waals surface area (Å²) in [6.45, 7) is 5.09. The Bertz CT molecular complexity index is 187. The van der Waals surface area contributed by atoms with Crippen LogP contribution in [0.3, 0.4) is 0 Å². The Balaban J connectivity index is 0. The fourth-order valence-corrected chi connectivity index (χ4v) is 2.37. The molecule has 0 aromatic rings. The van der Waals surface area contributed by atoms with Gasteiger partial charge in [-0.1, -0.05) is 84.5 Å². The SMILES string of the molecule is CCCCCCCCCC(=O)OCCCCCCCC.I. The smallest absolute Gasteiger partial charge is 0.305 e. The first-order valence-corrected chi connectivity index (χ1v) is 8.96. The van der Waals surface area contributed by atoms with Crippen molar-refractivity contribution < 1.29 is 9.53 Å². The van der Waals surface area contributed by atoms with Gasteiger partial charge in [-0.3, -0.25) is 4.79 Å². The highest BCUT2D eigenvalue weighted by Crippen LogP contribution is 2.09. The highest BCUT2D eigenvalue weighted by Gasteiger charge is 2.02. The van der Waals surface area contributed by atoms with Crippen molar-refractivity contribution in [1.29, 1.82) is 0 Å². The topological polar surface area (TPSA) is 26.3 Å². The van der Waals surface area contributed by atoms with Crippen LogP contribution in [0.4, 0.5) is 0 Å². The van der Waals surface area contributed by atoms with E-state index in [1.807, 2.05) is 0 Å². The van der Waals surface area contributed by atoms with Crippen LogP contribution < -0.4 is 0 Å². The summed E-state index contributed by atoms with van der Waals surface area (Å²) in [5.74, 6) is 0.00659. The van der Waals surface area contributed by atoms with E-state index in [1.165, 1.54) is 70.6 Å². The van der Waals surface area contributed by atoms with Crippen LogP contribution in [-0.4, -0.2) is 12.6 Å². The van der Waals surface area contributed by atoms with E-state index < -0.39 is 0 Å². The molecule has 0 aliphatic carbocycles. The van der Waals surface area contributed by atoms with E-state index in [9.17, 15) is 4.79 Å². The molecule has 0 saturated heterocycles. The lowest BCUT2D eigenvalue weighted by atomic mass is 10.1. The van der Waals surface area contributed by atoms with E-state index in [1.54, 1.807) is 0 Å². The number of rotatable bonds is 15. The van der Waals surface area contributed by atoms with Gasteiger partial charge in [0.15, 0.2) is 0 Å².